The van der Waals surface area contributed by atoms with Gasteiger partial charge in [0.2, 0.25) is 0 Å². The Balaban J connectivity index is 1.69. The minimum absolute atomic E-state index is 0.372. The first kappa shape index (κ1) is 22.3. The van der Waals surface area contributed by atoms with Crippen molar-refractivity contribution >= 4 is 35.5 Å². The van der Waals surface area contributed by atoms with Gasteiger partial charge in [0.25, 0.3) is 0 Å². The second-order valence-corrected chi connectivity index (χ2v) is 10.7. The average molecular weight is 458 g/mol. The van der Waals surface area contributed by atoms with Crippen LogP contribution >= 0.6 is 0 Å². The molecule has 4 aromatic carbocycles. The van der Waals surface area contributed by atoms with Crippen LogP contribution in [0.4, 0.5) is 0 Å². The standard InChI is InChI=1S/C32H31BO2/c1-31(2)32(3,4)35-33(34-31)24-19-20-27-28(21-24)30(23-15-9-6-10-16-23)26-18-12-11-17-25(26)29(27)22-13-7-5-8-14-22/h5-10,13-21H,11-12H2,1-4H3. The molecule has 4 aromatic rings. The molecule has 1 saturated heterocycles. The Bertz CT molecular complexity index is 1520. The van der Waals surface area contributed by atoms with Crippen LogP contribution in [0.15, 0.2) is 78.9 Å². The van der Waals surface area contributed by atoms with E-state index in [0.717, 1.165) is 18.3 Å². The smallest absolute Gasteiger partial charge is 0.399 e. The second kappa shape index (κ2) is 8.22. The van der Waals surface area contributed by atoms with E-state index in [9.17, 15) is 0 Å². The summed E-state index contributed by atoms with van der Waals surface area (Å²) < 4.78 is 12.9. The van der Waals surface area contributed by atoms with Gasteiger partial charge < -0.3 is 9.31 Å². The van der Waals surface area contributed by atoms with Gasteiger partial charge in [0.1, 0.15) is 0 Å². The van der Waals surface area contributed by atoms with Crippen LogP contribution in [-0.2, 0) is 9.31 Å². The van der Waals surface area contributed by atoms with E-state index in [2.05, 4.69) is 119 Å². The first-order chi connectivity index (χ1) is 16.9. The largest absolute Gasteiger partial charge is 0.494 e. The highest BCUT2D eigenvalue weighted by Gasteiger charge is 2.51. The highest BCUT2D eigenvalue weighted by molar-refractivity contribution is 6.62. The summed E-state index contributed by atoms with van der Waals surface area (Å²) in [6.45, 7) is 8.44. The molecule has 1 aliphatic carbocycles. The van der Waals surface area contributed by atoms with Crippen LogP contribution in [0.5, 0.6) is 0 Å². The van der Waals surface area contributed by atoms with Gasteiger partial charge in [-0.3, -0.25) is 0 Å². The number of fused-ring (bicyclic) bond motifs is 2. The summed E-state index contributed by atoms with van der Waals surface area (Å²) in [5, 5.41) is 5.19. The predicted molar refractivity (Wildman–Crippen MR) is 148 cm³/mol. The fourth-order valence-electron chi connectivity index (χ4n) is 5.38. The third-order valence-electron chi connectivity index (χ3n) is 7.93. The molecule has 6 rings (SSSR count). The molecule has 1 aliphatic heterocycles. The van der Waals surface area contributed by atoms with Gasteiger partial charge in [-0.25, -0.2) is 0 Å². The molecule has 0 unspecified atom stereocenters. The quantitative estimate of drug-likeness (QED) is 0.360. The first-order valence-electron chi connectivity index (χ1n) is 12.6. The molecule has 0 N–H and O–H groups in total. The number of benzene rings is 4. The van der Waals surface area contributed by atoms with Crippen LogP contribution in [0.1, 0.15) is 40.5 Å². The molecule has 1 fully saturated rings. The molecule has 2 nitrogen and oxygen atoms in total. The van der Waals surface area contributed by atoms with Gasteiger partial charge in [-0.15, -0.1) is 0 Å². The average Bonchev–Trinajstić information content (AvgIpc) is 3.09. The third kappa shape index (κ3) is 3.66. The zero-order valence-electron chi connectivity index (χ0n) is 21.0. The molecule has 0 bridgehead atoms. The summed E-state index contributed by atoms with van der Waals surface area (Å²) in [4.78, 5) is 0. The second-order valence-electron chi connectivity index (χ2n) is 10.7. The summed E-state index contributed by atoms with van der Waals surface area (Å²) >= 11 is 0. The van der Waals surface area contributed by atoms with Crippen molar-refractivity contribution in [2.45, 2.75) is 51.7 Å². The Kier molecular flexibility index (Phi) is 5.25. The molecule has 35 heavy (non-hydrogen) atoms. The Hall–Kier alpha value is -3.14. The van der Waals surface area contributed by atoms with Gasteiger partial charge in [-0.2, -0.15) is 0 Å². The monoisotopic (exact) mass is 458 g/mol. The molecule has 0 spiro atoms. The Labute approximate surface area is 208 Å². The molecule has 0 saturated carbocycles. The van der Waals surface area contributed by atoms with Crippen molar-refractivity contribution in [2.75, 3.05) is 0 Å². The van der Waals surface area contributed by atoms with Crippen LogP contribution in [0.2, 0.25) is 0 Å². The molecule has 1 heterocycles. The number of hydrogen-bond donors (Lipinski definition) is 0. The van der Waals surface area contributed by atoms with Crippen LogP contribution < -0.4 is 15.9 Å². The van der Waals surface area contributed by atoms with Crippen LogP contribution in [0.25, 0.3) is 45.2 Å². The molecule has 2 aliphatic rings. The van der Waals surface area contributed by atoms with Gasteiger partial charge >= 0.3 is 7.12 Å². The molecule has 0 atom stereocenters. The number of rotatable bonds is 3. The normalized spacial score (nSPS) is 18.1. The van der Waals surface area contributed by atoms with Crippen LogP contribution in [-0.4, -0.2) is 18.3 Å². The van der Waals surface area contributed by atoms with Crippen molar-refractivity contribution in [2.24, 2.45) is 0 Å². The Morgan fingerprint density at radius 1 is 0.600 bits per heavy atom. The van der Waals surface area contributed by atoms with E-state index < -0.39 is 0 Å². The maximum Gasteiger partial charge on any atom is 0.494 e. The topological polar surface area (TPSA) is 18.5 Å². The fourth-order valence-corrected chi connectivity index (χ4v) is 5.38. The maximum absolute atomic E-state index is 6.44. The van der Waals surface area contributed by atoms with Crippen molar-refractivity contribution in [1.82, 2.24) is 0 Å². The van der Waals surface area contributed by atoms with Gasteiger partial charge in [-0.05, 0) is 89.5 Å². The molecule has 3 heteroatoms. The lowest BCUT2D eigenvalue weighted by molar-refractivity contribution is 0.00578. The third-order valence-corrected chi connectivity index (χ3v) is 7.93. The van der Waals surface area contributed by atoms with Crippen LogP contribution in [0, 0.1) is 0 Å². The van der Waals surface area contributed by atoms with Gasteiger partial charge in [-0.1, -0.05) is 91.0 Å². The minimum atomic E-state index is -0.389. The van der Waals surface area contributed by atoms with E-state index in [1.165, 1.54) is 43.5 Å². The highest BCUT2D eigenvalue weighted by atomic mass is 16.7. The summed E-state index contributed by atoms with van der Waals surface area (Å²) in [5.74, 6) is 0. The van der Waals surface area contributed by atoms with Crippen molar-refractivity contribution < 1.29 is 9.31 Å². The number of hydrogen-bond acceptors (Lipinski definition) is 2. The highest BCUT2D eigenvalue weighted by Crippen LogP contribution is 2.37. The molecular weight excluding hydrogens is 427 g/mol. The minimum Gasteiger partial charge on any atom is -0.399 e. The van der Waals surface area contributed by atoms with E-state index in [0.29, 0.717) is 0 Å². The van der Waals surface area contributed by atoms with E-state index in [1.54, 1.807) is 0 Å². The summed E-state index contributed by atoms with van der Waals surface area (Å²) in [7, 11) is -0.389. The van der Waals surface area contributed by atoms with Crippen molar-refractivity contribution in [3.05, 3.63) is 89.3 Å². The summed E-state index contributed by atoms with van der Waals surface area (Å²) in [6, 6.07) is 28.3. The summed E-state index contributed by atoms with van der Waals surface area (Å²) in [5.41, 5.74) is 5.42. The molecule has 0 radical (unpaired) electrons. The van der Waals surface area contributed by atoms with E-state index in [4.69, 9.17) is 9.31 Å². The molecular formula is C32H31BO2. The van der Waals surface area contributed by atoms with Gasteiger partial charge in [0.15, 0.2) is 0 Å². The lowest BCUT2D eigenvalue weighted by Gasteiger charge is -2.32. The Morgan fingerprint density at radius 2 is 1.09 bits per heavy atom. The van der Waals surface area contributed by atoms with Gasteiger partial charge in [0, 0.05) is 0 Å². The van der Waals surface area contributed by atoms with Crippen molar-refractivity contribution in [3.63, 3.8) is 0 Å². The van der Waals surface area contributed by atoms with Crippen molar-refractivity contribution in [1.29, 1.82) is 0 Å². The summed E-state index contributed by atoms with van der Waals surface area (Å²) in [6.07, 6.45) is 6.97. The lowest BCUT2D eigenvalue weighted by atomic mass is 9.76. The SMILES string of the molecule is CC1(C)OB(c2ccc3c(-c4ccccc4)c4c(c(-c5ccccc5)c3c2)=CCCC=4)OC1(C)C. The molecule has 0 aromatic heterocycles. The van der Waals surface area contributed by atoms with E-state index >= 15 is 0 Å². The van der Waals surface area contributed by atoms with Crippen molar-refractivity contribution in [3.8, 4) is 22.3 Å². The molecule has 0 amide bonds. The van der Waals surface area contributed by atoms with Crippen LogP contribution in [0.3, 0.4) is 0 Å². The predicted octanol–water partition coefficient (Wildman–Crippen LogP) is 5.83. The zero-order chi connectivity index (χ0) is 24.2. The first-order valence-corrected chi connectivity index (χ1v) is 12.6. The van der Waals surface area contributed by atoms with Gasteiger partial charge in [0.05, 0.1) is 11.2 Å². The maximum atomic E-state index is 6.44. The molecule has 174 valence electrons. The van der Waals surface area contributed by atoms with E-state index in [-0.39, 0.29) is 18.3 Å². The van der Waals surface area contributed by atoms with E-state index in [1.807, 2.05) is 0 Å². The lowest BCUT2D eigenvalue weighted by Crippen LogP contribution is -2.41. The Morgan fingerprint density at radius 3 is 1.60 bits per heavy atom. The fraction of sp³-hybridized carbons (Fsp3) is 0.250. The zero-order valence-corrected chi connectivity index (χ0v) is 21.0.